The number of benzene rings is 1. The van der Waals surface area contributed by atoms with E-state index in [9.17, 15) is 0 Å². The number of nitrogens with one attached hydrogen (secondary N) is 1. The first-order valence-corrected chi connectivity index (χ1v) is 7.31. The van der Waals surface area contributed by atoms with Gasteiger partial charge in [0.15, 0.2) is 5.82 Å². The van der Waals surface area contributed by atoms with Crippen molar-refractivity contribution in [3.8, 4) is 22.7 Å². The van der Waals surface area contributed by atoms with Crippen molar-refractivity contribution in [1.29, 1.82) is 0 Å². The SMILES string of the molecule is COc1cc2c(-c3cn[nH]c3)cn(-c3cccnn3)c2cc1Cl. The largest absolute Gasteiger partial charge is 0.495 e. The Labute approximate surface area is 136 Å². The average molecular weight is 326 g/mol. The fraction of sp³-hybridized carbons (Fsp3) is 0.0625. The Morgan fingerprint density at radius 3 is 2.91 bits per heavy atom. The molecule has 6 nitrogen and oxygen atoms in total. The number of methoxy groups -OCH3 is 1. The number of nitrogens with zero attached hydrogens (tertiary/aromatic N) is 4. The number of fused-ring (bicyclic) bond motifs is 1. The maximum Gasteiger partial charge on any atom is 0.159 e. The molecule has 0 aliphatic rings. The molecule has 0 bridgehead atoms. The van der Waals surface area contributed by atoms with Gasteiger partial charge in [-0.15, -0.1) is 5.10 Å². The molecule has 4 aromatic rings. The highest BCUT2D eigenvalue weighted by molar-refractivity contribution is 6.33. The molecule has 0 aliphatic heterocycles. The molecule has 0 fully saturated rings. The fourth-order valence-electron chi connectivity index (χ4n) is 2.62. The highest BCUT2D eigenvalue weighted by Crippen LogP contribution is 2.37. The monoisotopic (exact) mass is 325 g/mol. The number of ether oxygens (including phenoxy) is 1. The predicted octanol–water partition coefficient (Wildman–Crippen LogP) is 3.47. The minimum atomic E-state index is 0.544. The first-order valence-electron chi connectivity index (χ1n) is 6.94. The maximum absolute atomic E-state index is 6.30. The normalized spacial score (nSPS) is 11.0. The Morgan fingerprint density at radius 1 is 1.30 bits per heavy atom. The molecular formula is C16H12ClN5O. The van der Waals surface area contributed by atoms with Gasteiger partial charge in [0.1, 0.15) is 5.75 Å². The summed E-state index contributed by atoms with van der Waals surface area (Å²) >= 11 is 6.30. The van der Waals surface area contributed by atoms with Crippen LogP contribution in [0.4, 0.5) is 0 Å². The third-order valence-electron chi connectivity index (χ3n) is 3.69. The van der Waals surface area contributed by atoms with E-state index in [1.165, 1.54) is 0 Å². The van der Waals surface area contributed by atoms with Crippen molar-refractivity contribution < 1.29 is 4.74 Å². The predicted molar refractivity (Wildman–Crippen MR) is 88.0 cm³/mol. The second kappa shape index (κ2) is 5.40. The van der Waals surface area contributed by atoms with E-state index in [0.717, 1.165) is 22.0 Å². The molecule has 0 spiro atoms. The maximum atomic E-state index is 6.30. The van der Waals surface area contributed by atoms with Gasteiger partial charge in [0.2, 0.25) is 0 Å². The van der Waals surface area contributed by atoms with E-state index >= 15 is 0 Å². The van der Waals surface area contributed by atoms with Gasteiger partial charge in [0, 0.05) is 35.1 Å². The van der Waals surface area contributed by atoms with Gasteiger partial charge in [0.05, 0.1) is 23.8 Å². The van der Waals surface area contributed by atoms with Gasteiger partial charge in [-0.25, -0.2) is 0 Å². The lowest BCUT2D eigenvalue weighted by atomic mass is 10.1. The number of aromatic nitrogens is 5. The van der Waals surface area contributed by atoms with Crippen LogP contribution in [0.1, 0.15) is 0 Å². The Balaban J connectivity index is 2.06. The van der Waals surface area contributed by atoms with E-state index in [4.69, 9.17) is 16.3 Å². The summed E-state index contributed by atoms with van der Waals surface area (Å²) in [5.41, 5.74) is 2.91. The molecule has 0 radical (unpaired) electrons. The molecule has 0 amide bonds. The molecule has 7 heteroatoms. The molecule has 3 heterocycles. The molecular weight excluding hydrogens is 314 g/mol. The topological polar surface area (TPSA) is 68.6 Å². The van der Waals surface area contributed by atoms with Crippen LogP contribution < -0.4 is 4.74 Å². The number of aromatic amines is 1. The van der Waals surface area contributed by atoms with Crippen LogP contribution in [0, 0.1) is 0 Å². The van der Waals surface area contributed by atoms with Gasteiger partial charge >= 0.3 is 0 Å². The standard InChI is InChI=1S/C16H12ClN5O/c1-23-15-5-11-12(10-7-19-20-8-10)9-22(14(11)6-13(15)17)16-3-2-4-18-21-16/h2-9H,1H3,(H,19,20). The third-order valence-corrected chi connectivity index (χ3v) is 3.99. The number of hydrogen-bond acceptors (Lipinski definition) is 4. The Bertz CT molecular complexity index is 963. The van der Waals surface area contributed by atoms with Crippen LogP contribution in [0.3, 0.4) is 0 Å². The summed E-state index contributed by atoms with van der Waals surface area (Å²) in [6, 6.07) is 7.53. The quantitative estimate of drug-likeness (QED) is 0.626. The summed E-state index contributed by atoms with van der Waals surface area (Å²) in [6.45, 7) is 0. The van der Waals surface area contributed by atoms with Crippen molar-refractivity contribution in [3.05, 3.63) is 54.1 Å². The first-order chi connectivity index (χ1) is 11.3. The number of H-pyrrole nitrogens is 1. The fourth-order valence-corrected chi connectivity index (χ4v) is 2.86. The van der Waals surface area contributed by atoms with Crippen LogP contribution in [0.15, 0.2) is 49.1 Å². The zero-order valence-corrected chi connectivity index (χ0v) is 12.9. The van der Waals surface area contributed by atoms with Crippen molar-refractivity contribution in [2.45, 2.75) is 0 Å². The van der Waals surface area contributed by atoms with E-state index in [1.807, 2.05) is 41.2 Å². The first kappa shape index (κ1) is 13.8. The zero-order valence-electron chi connectivity index (χ0n) is 12.2. The van der Waals surface area contributed by atoms with Gasteiger partial charge < -0.3 is 4.74 Å². The van der Waals surface area contributed by atoms with Crippen molar-refractivity contribution in [2.75, 3.05) is 7.11 Å². The van der Waals surface area contributed by atoms with Crippen LogP contribution in [0.5, 0.6) is 5.75 Å². The highest BCUT2D eigenvalue weighted by atomic mass is 35.5. The number of hydrogen-bond donors (Lipinski definition) is 1. The average Bonchev–Trinajstić information content (AvgIpc) is 3.22. The smallest absolute Gasteiger partial charge is 0.159 e. The van der Waals surface area contributed by atoms with Crippen LogP contribution in [0.2, 0.25) is 5.02 Å². The molecule has 0 unspecified atom stereocenters. The lowest BCUT2D eigenvalue weighted by Crippen LogP contribution is -1.96. The lowest BCUT2D eigenvalue weighted by Gasteiger charge is -2.06. The van der Waals surface area contributed by atoms with Crippen molar-refractivity contribution in [2.24, 2.45) is 0 Å². The van der Waals surface area contributed by atoms with Gasteiger partial charge in [-0.2, -0.15) is 10.2 Å². The summed E-state index contributed by atoms with van der Waals surface area (Å²) in [4.78, 5) is 0. The van der Waals surface area contributed by atoms with Gasteiger partial charge in [-0.05, 0) is 24.3 Å². The van der Waals surface area contributed by atoms with Crippen LogP contribution >= 0.6 is 11.6 Å². The summed E-state index contributed by atoms with van der Waals surface area (Å²) in [5, 5.41) is 16.5. The van der Waals surface area contributed by atoms with Crippen molar-refractivity contribution >= 4 is 22.5 Å². The molecule has 0 aliphatic carbocycles. The zero-order chi connectivity index (χ0) is 15.8. The molecule has 114 valence electrons. The molecule has 3 aromatic heterocycles. The lowest BCUT2D eigenvalue weighted by molar-refractivity contribution is 0.415. The van der Waals surface area contributed by atoms with Gasteiger partial charge in [-0.1, -0.05) is 11.6 Å². The second-order valence-electron chi connectivity index (χ2n) is 4.99. The van der Waals surface area contributed by atoms with Crippen LogP contribution in [0.25, 0.3) is 27.8 Å². The van der Waals surface area contributed by atoms with Crippen molar-refractivity contribution in [1.82, 2.24) is 25.0 Å². The Hall–Kier alpha value is -2.86. The van der Waals surface area contributed by atoms with E-state index in [2.05, 4.69) is 20.4 Å². The summed E-state index contributed by atoms with van der Waals surface area (Å²) in [6.07, 6.45) is 7.26. The third kappa shape index (κ3) is 2.24. The number of halogens is 1. The van der Waals surface area contributed by atoms with Gasteiger partial charge in [0.25, 0.3) is 0 Å². The molecule has 4 rings (SSSR count). The summed E-state index contributed by atoms with van der Waals surface area (Å²) in [5.74, 6) is 1.34. The summed E-state index contributed by atoms with van der Waals surface area (Å²) in [7, 11) is 1.60. The molecule has 0 saturated carbocycles. The Morgan fingerprint density at radius 2 is 2.22 bits per heavy atom. The molecule has 1 N–H and O–H groups in total. The highest BCUT2D eigenvalue weighted by Gasteiger charge is 2.16. The molecule has 0 saturated heterocycles. The second-order valence-corrected chi connectivity index (χ2v) is 5.39. The van der Waals surface area contributed by atoms with Crippen molar-refractivity contribution in [3.63, 3.8) is 0 Å². The van der Waals surface area contributed by atoms with E-state index in [0.29, 0.717) is 16.6 Å². The van der Waals surface area contributed by atoms with Crippen LogP contribution in [-0.4, -0.2) is 32.1 Å². The van der Waals surface area contributed by atoms with E-state index < -0.39 is 0 Å². The van der Waals surface area contributed by atoms with E-state index in [-0.39, 0.29) is 0 Å². The number of rotatable bonds is 3. The summed E-state index contributed by atoms with van der Waals surface area (Å²) < 4.78 is 7.30. The Kier molecular flexibility index (Phi) is 3.24. The minimum absolute atomic E-state index is 0.544. The van der Waals surface area contributed by atoms with Crippen LogP contribution in [-0.2, 0) is 0 Å². The molecule has 23 heavy (non-hydrogen) atoms. The van der Waals surface area contributed by atoms with Gasteiger partial charge in [-0.3, -0.25) is 9.67 Å². The molecule has 0 atom stereocenters. The molecule has 1 aromatic carbocycles. The van der Waals surface area contributed by atoms with E-state index in [1.54, 1.807) is 19.5 Å². The minimum Gasteiger partial charge on any atom is -0.495 e.